The summed E-state index contributed by atoms with van der Waals surface area (Å²) in [6, 6.07) is 6.73. The van der Waals surface area contributed by atoms with Gasteiger partial charge in [0, 0.05) is 25.9 Å². The van der Waals surface area contributed by atoms with E-state index in [1.165, 1.54) is 16.8 Å². The molecule has 0 fully saturated rings. The monoisotopic (exact) mass is 249 g/mol. The standard InChI is InChI=1S/C16H27NO/c1-13-12-14(16(2,3)4)8-9-15(13)17(5)10-6-7-11-18/h8-9,12,18H,6-7,10-11H2,1-5H3. The maximum Gasteiger partial charge on any atom is 0.0431 e. The molecule has 2 heteroatoms. The molecule has 0 radical (unpaired) electrons. The molecule has 0 atom stereocenters. The van der Waals surface area contributed by atoms with Crippen molar-refractivity contribution in [3.05, 3.63) is 29.3 Å². The van der Waals surface area contributed by atoms with Crippen molar-refractivity contribution in [1.29, 1.82) is 0 Å². The van der Waals surface area contributed by atoms with Gasteiger partial charge in [0.05, 0.1) is 0 Å². The van der Waals surface area contributed by atoms with Gasteiger partial charge in [0.1, 0.15) is 0 Å². The van der Waals surface area contributed by atoms with Crippen molar-refractivity contribution in [3.8, 4) is 0 Å². The molecule has 0 heterocycles. The number of aryl methyl sites for hydroxylation is 1. The fourth-order valence-electron chi connectivity index (χ4n) is 2.13. The van der Waals surface area contributed by atoms with Crippen LogP contribution in [0.25, 0.3) is 0 Å². The van der Waals surface area contributed by atoms with Gasteiger partial charge in [0.15, 0.2) is 0 Å². The second-order valence-electron chi connectivity index (χ2n) is 6.10. The first-order valence-corrected chi connectivity index (χ1v) is 6.79. The first-order chi connectivity index (χ1) is 8.36. The van der Waals surface area contributed by atoms with E-state index in [1.54, 1.807) is 0 Å². The molecule has 0 saturated heterocycles. The summed E-state index contributed by atoms with van der Waals surface area (Å²) in [5, 5.41) is 8.81. The molecule has 0 aromatic heterocycles. The molecule has 0 aliphatic heterocycles. The first kappa shape index (κ1) is 15.0. The number of rotatable bonds is 5. The van der Waals surface area contributed by atoms with Gasteiger partial charge in [-0.05, 0) is 42.4 Å². The van der Waals surface area contributed by atoms with Gasteiger partial charge in [-0.15, -0.1) is 0 Å². The fraction of sp³-hybridized carbons (Fsp3) is 0.625. The van der Waals surface area contributed by atoms with E-state index in [-0.39, 0.29) is 12.0 Å². The van der Waals surface area contributed by atoms with Gasteiger partial charge in [-0.1, -0.05) is 32.9 Å². The zero-order valence-corrected chi connectivity index (χ0v) is 12.5. The fourth-order valence-corrected chi connectivity index (χ4v) is 2.13. The summed E-state index contributed by atoms with van der Waals surface area (Å²) in [6.07, 6.45) is 1.91. The van der Waals surface area contributed by atoms with Crippen molar-refractivity contribution >= 4 is 5.69 Å². The van der Waals surface area contributed by atoms with Gasteiger partial charge in [-0.25, -0.2) is 0 Å². The molecule has 0 aliphatic carbocycles. The van der Waals surface area contributed by atoms with Crippen LogP contribution in [0, 0.1) is 6.92 Å². The maximum atomic E-state index is 8.81. The molecule has 0 unspecified atom stereocenters. The van der Waals surface area contributed by atoms with E-state index in [0.29, 0.717) is 0 Å². The van der Waals surface area contributed by atoms with Crippen LogP contribution in [-0.4, -0.2) is 25.3 Å². The topological polar surface area (TPSA) is 23.5 Å². The lowest BCUT2D eigenvalue weighted by Crippen LogP contribution is -2.20. The molecular formula is C16H27NO. The average Bonchev–Trinajstić information content (AvgIpc) is 2.27. The number of hydrogen-bond donors (Lipinski definition) is 1. The van der Waals surface area contributed by atoms with Crippen LogP contribution in [0.4, 0.5) is 5.69 Å². The Labute approximate surface area is 112 Å². The molecule has 0 bridgehead atoms. The quantitative estimate of drug-likeness (QED) is 0.807. The summed E-state index contributed by atoms with van der Waals surface area (Å²) < 4.78 is 0. The van der Waals surface area contributed by atoms with E-state index in [2.05, 4.69) is 57.8 Å². The van der Waals surface area contributed by atoms with Crippen LogP contribution in [0.2, 0.25) is 0 Å². The SMILES string of the molecule is Cc1cc(C(C)(C)C)ccc1N(C)CCCCO. The lowest BCUT2D eigenvalue weighted by molar-refractivity contribution is 0.285. The third kappa shape index (κ3) is 4.02. The van der Waals surface area contributed by atoms with Crippen molar-refractivity contribution in [2.24, 2.45) is 0 Å². The summed E-state index contributed by atoms with van der Waals surface area (Å²) in [6.45, 7) is 10.2. The van der Waals surface area contributed by atoms with Gasteiger partial charge in [0.25, 0.3) is 0 Å². The van der Waals surface area contributed by atoms with E-state index < -0.39 is 0 Å². The van der Waals surface area contributed by atoms with Gasteiger partial charge in [0.2, 0.25) is 0 Å². The van der Waals surface area contributed by atoms with E-state index in [0.717, 1.165) is 19.4 Å². The number of benzene rings is 1. The van der Waals surface area contributed by atoms with Crippen molar-refractivity contribution in [2.45, 2.75) is 46.0 Å². The Hall–Kier alpha value is -1.02. The molecule has 0 aliphatic rings. The van der Waals surface area contributed by atoms with Gasteiger partial charge < -0.3 is 10.0 Å². The normalized spacial score (nSPS) is 11.7. The van der Waals surface area contributed by atoms with Crippen LogP contribution in [-0.2, 0) is 5.41 Å². The second-order valence-corrected chi connectivity index (χ2v) is 6.10. The molecule has 0 amide bonds. The average molecular weight is 249 g/mol. The molecule has 102 valence electrons. The first-order valence-electron chi connectivity index (χ1n) is 6.79. The predicted molar refractivity (Wildman–Crippen MR) is 79.5 cm³/mol. The van der Waals surface area contributed by atoms with Gasteiger partial charge in [-0.3, -0.25) is 0 Å². The third-order valence-corrected chi connectivity index (χ3v) is 3.38. The largest absolute Gasteiger partial charge is 0.396 e. The Balaban J connectivity index is 2.79. The number of anilines is 1. The van der Waals surface area contributed by atoms with Crippen LogP contribution in [0.5, 0.6) is 0 Å². The molecular weight excluding hydrogens is 222 g/mol. The van der Waals surface area contributed by atoms with Crippen LogP contribution in [0.15, 0.2) is 18.2 Å². The molecule has 1 N–H and O–H groups in total. The lowest BCUT2D eigenvalue weighted by Gasteiger charge is -2.25. The summed E-state index contributed by atoms with van der Waals surface area (Å²) >= 11 is 0. The summed E-state index contributed by atoms with van der Waals surface area (Å²) in [7, 11) is 2.12. The zero-order chi connectivity index (χ0) is 13.8. The summed E-state index contributed by atoms with van der Waals surface area (Å²) in [4.78, 5) is 2.28. The number of hydrogen-bond acceptors (Lipinski definition) is 2. The van der Waals surface area contributed by atoms with E-state index in [4.69, 9.17) is 5.11 Å². The second kappa shape index (κ2) is 6.24. The number of aliphatic hydroxyl groups excluding tert-OH is 1. The highest BCUT2D eigenvalue weighted by Gasteiger charge is 2.15. The molecule has 0 saturated carbocycles. The van der Waals surface area contributed by atoms with Crippen LogP contribution in [0.3, 0.4) is 0 Å². The van der Waals surface area contributed by atoms with Crippen molar-refractivity contribution < 1.29 is 5.11 Å². The lowest BCUT2D eigenvalue weighted by atomic mass is 9.86. The van der Waals surface area contributed by atoms with E-state index in [1.807, 2.05) is 0 Å². The van der Waals surface area contributed by atoms with Crippen molar-refractivity contribution in [1.82, 2.24) is 0 Å². The Bertz CT molecular complexity index is 379. The van der Waals surface area contributed by atoms with Crippen LogP contribution >= 0.6 is 0 Å². The van der Waals surface area contributed by atoms with E-state index in [9.17, 15) is 0 Å². The molecule has 18 heavy (non-hydrogen) atoms. The smallest absolute Gasteiger partial charge is 0.0431 e. The Kier molecular flexibility index (Phi) is 5.21. The van der Waals surface area contributed by atoms with E-state index >= 15 is 0 Å². The van der Waals surface area contributed by atoms with Gasteiger partial charge in [-0.2, -0.15) is 0 Å². The van der Waals surface area contributed by atoms with Crippen molar-refractivity contribution in [3.63, 3.8) is 0 Å². The minimum atomic E-state index is 0.207. The molecule has 2 nitrogen and oxygen atoms in total. The molecule has 0 spiro atoms. The van der Waals surface area contributed by atoms with Crippen LogP contribution in [0.1, 0.15) is 44.7 Å². The highest BCUT2D eigenvalue weighted by atomic mass is 16.2. The summed E-state index contributed by atoms with van der Waals surface area (Å²) in [5.41, 5.74) is 4.21. The maximum absolute atomic E-state index is 8.81. The highest BCUT2D eigenvalue weighted by molar-refractivity contribution is 5.54. The Morgan fingerprint density at radius 3 is 2.33 bits per heavy atom. The highest BCUT2D eigenvalue weighted by Crippen LogP contribution is 2.27. The minimum absolute atomic E-state index is 0.207. The summed E-state index contributed by atoms with van der Waals surface area (Å²) in [5.74, 6) is 0. The zero-order valence-electron chi connectivity index (χ0n) is 12.5. The Morgan fingerprint density at radius 1 is 1.17 bits per heavy atom. The van der Waals surface area contributed by atoms with Gasteiger partial charge >= 0.3 is 0 Å². The Morgan fingerprint density at radius 2 is 1.83 bits per heavy atom. The third-order valence-electron chi connectivity index (χ3n) is 3.38. The number of nitrogens with zero attached hydrogens (tertiary/aromatic N) is 1. The van der Waals surface area contributed by atoms with Crippen molar-refractivity contribution in [2.75, 3.05) is 25.1 Å². The molecule has 1 rings (SSSR count). The van der Waals surface area contributed by atoms with Crippen LogP contribution < -0.4 is 4.90 Å². The number of aliphatic hydroxyl groups is 1. The number of unbranched alkanes of at least 4 members (excludes halogenated alkanes) is 1. The molecule has 1 aromatic carbocycles. The minimum Gasteiger partial charge on any atom is -0.396 e. The molecule has 1 aromatic rings. The predicted octanol–water partition coefficient (Wildman–Crippen LogP) is 3.50.